The third kappa shape index (κ3) is 4.18. The Labute approximate surface area is 154 Å². The van der Waals surface area contributed by atoms with Crippen molar-refractivity contribution in [2.45, 2.75) is 6.92 Å². The van der Waals surface area contributed by atoms with Crippen molar-refractivity contribution in [3.63, 3.8) is 0 Å². The number of nitrogens with zero attached hydrogens (tertiary/aromatic N) is 3. The highest BCUT2D eigenvalue weighted by Crippen LogP contribution is 2.21. The second-order valence-electron chi connectivity index (χ2n) is 5.30. The van der Waals surface area contributed by atoms with Crippen LogP contribution >= 0.6 is 11.6 Å². The Kier molecular flexibility index (Phi) is 5.15. The van der Waals surface area contributed by atoms with Gasteiger partial charge in [0, 0.05) is 18.2 Å². The standard InChI is InChI=1S/C18H13ClN4O3/c1-11-21-18(23-26-11)12-3-6-15(7-4-12)25-10-17(24)22-14-5-2-13(9-20)16(19)8-14/h2-8H,10H2,1H3,(H,22,24). The number of hydrogen-bond acceptors (Lipinski definition) is 6. The molecule has 0 bridgehead atoms. The van der Waals surface area contributed by atoms with Crippen LogP contribution in [0.5, 0.6) is 5.75 Å². The molecule has 1 amide bonds. The summed E-state index contributed by atoms with van der Waals surface area (Å²) in [5, 5.41) is 15.6. The molecule has 0 aliphatic heterocycles. The fourth-order valence-electron chi connectivity index (χ4n) is 2.15. The largest absolute Gasteiger partial charge is 0.484 e. The van der Waals surface area contributed by atoms with Crippen molar-refractivity contribution >= 4 is 23.2 Å². The van der Waals surface area contributed by atoms with Crippen LogP contribution in [0.15, 0.2) is 47.0 Å². The van der Waals surface area contributed by atoms with Crippen LogP contribution in [0, 0.1) is 18.3 Å². The predicted octanol–water partition coefficient (Wildman–Crippen LogP) is 3.59. The zero-order valence-corrected chi connectivity index (χ0v) is 14.4. The van der Waals surface area contributed by atoms with E-state index in [1.54, 1.807) is 37.3 Å². The number of carbonyl (C=O) groups is 1. The van der Waals surface area contributed by atoms with Crippen molar-refractivity contribution in [1.82, 2.24) is 10.1 Å². The van der Waals surface area contributed by atoms with Gasteiger partial charge in [0.25, 0.3) is 5.91 Å². The monoisotopic (exact) mass is 368 g/mol. The van der Waals surface area contributed by atoms with Gasteiger partial charge in [-0.25, -0.2) is 0 Å². The molecule has 0 atom stereocenters. The van der Waals surface area contributed by atoms with Gasteiger partial charge in [-0.1, -0.05) is 16.8 Å². The number of ether oxygens (including phenoxy) is 1. The molecular formula is C18H13ClN4O3. The van der Waals surface area contributed by atoms with E-state index in [0.717, 1.165) is 5.56 Å². The van der Waals surface area contributed by atoms with E-state index in [1.807, 2.05) is 6.07 Å². The van der Waals surface area contributed by atoms with Crippen molar-refractivity contribution in [3.8, 4) is 23.2 Å². The lowest BCUT2D eigenvalue weighted by molar-refractivity contribution is -0.118. The first kappa shape index (κ1) is 17.5. The number of benzene rings is 2. The van der Waals surface area contributed by atoms with E-state index in [4.69, 9.17) is 26.1 Å². The lowest BCUT2D eigenvalue weighted by atomic mass is 10.2. The van der Waals surface area contributed by atoms with Gasteiger partial charge in [0.05, 0.1) is 10.6 Å². The van der Waals surface area contributed by atoms with Crippen LogP contribution in [0.2, 0.25) is 5.02 Å². The van der Waals surface area contributed by atoms with Crippen molar-refractivity contribution in [3.05, 3.63) is 58.9 Å². The fraction of sp³-hybridized carbons (Fsp3) is 0.111. The van der Waals surface area contributed by atoms with Crippen LogP contribution in [0.4, 0.5) is 5.69 Å². The summed E-state index contributed by atoms with van der Waals surface area (Å²) >= 11 is 5.93. The average molecular weight is 369 g/mol. The average Bonchev–Trinajstić information content (AvgIpc) is 3.07. The van der Waals surface area contributed by atoms with Gasteiger partial charge in [0.1, 0.15) is 11.8 Å². The Morgan fingerprint density at radius 2 is 2.08 bits per heavy atom. The highest BCUT2D eigenvalue weighted by molar-refractivity contribution is 6.32. The molecule has 0 radical (unpaired) electrons. The SMILES string of the molecule is Cc1nc(-c2ccc(OCC(=O)Nc3ccc(C#N)c(Cl)c3)cc2)no1. The molecule has 0 saturated carbocycles. The zero-order valence-electron chi connectivity index (χ0n) is 13.7. The molecule has 26 heavy (non-hydrogen) atoms. The molecule has 1 heterocycles. The summed E-state index contributed by atoms with van der Waals surface area (Å²) in [5.41, 5.74) is 1.62. The molecule has 0 aliphatic carbocycles. The van der Waals surface area contributed by atoms with Crippen LogP contribution in [0.1, 0.15) is 11.5 Å². The second kappa shape index (κ2) is 7.68. The summed E-state index contributed by atoms with van der Waals surface area (Å²) in [6.45, 7) is 1.55. The van der Waals surface area contributed by atoms with Crippen molar-refractivity contribution in [1.29, 1.82) is 5.26 Å². The molecule has 3 rings (SSSR count). The van der Waals surface area contributed by atoms with Crippen molar-refractivity contribution in [2.75, 3.05) is 11.9 Å². The van der Waals surface area contributed by atoms with Crippen molar-refractivity contribution in [2.24, 2.45) is 0 Å². The summed E-state index contributed by atoms with van der Waals surface area (Å²) < 4.78 is 10.4. The number of anilines is 1. The number of nitriles is 1. The van der Waals surface area contributed by atoms with Gasteiger partial charge in [0.2, 0.25) is 11.7 Å². The molecule has 130 valence electrons. The topological polar surface area (TPSA) is 101 Å². The minimum absolute atomic E-state index is 0.168. The Morgan fingerprint density at radius 1 is 1.31 bits per heavy atom. The second-order valence-corrected chi connectivity index (χ2v) is 5.71. The number of rotatable bonds is 5. The Morgan fingerprint density at radius 3 is 2.69 bits per heavy atom. The van der Waals surface area contributed by atoms with Gasteiger partial charge < -0.3 is 14.6 Å². The first-order valence-electron chi connectivity index (χ1n) is 7.58. The maximum atomic E-state index is 12.0. The zero-order chi connectivity index (χ0) is 18.5. The molecule has 7 nitrogen and oxygen atoms in total. The number of aromatic nitrogens is 2. The fourth-order valence-corrected chi connectivity index (χ4v) is 2.37. The highest BCUT2D eigenvalue weighted by atomic mass is 35.5. The maximum absolute atomic E-state index is 12.0. The number of hydrogen-bond donors (Lipinski definition) is 1. The van der Waals surface area contributed by atoms with E-state index in [-0.39, 0.29) is 17.5 Å². The number of halogens is 1. The van der Waals surface area contributed by atoms with Gasteiger partial charge >= 0.3 is 0 Å². The molecule has 1 N–H and O–H groups in total. The quantitative estimate of drug-likeness (QED) is 0.738. The Balaban J connectivity index is 1.56. The summed E-state index contributed by atoms with van der Waals surface area (Å²) in [6.07, 6.45) is 0. The van der Waals surface area contributed by atoms with Gasteiger partial charge in [-0.05, 0) is 42.5 Å². The molecule has 3 aromatic rings. The predicted molar refractivity (Wildman–Crippen MR) is 94.8 cm³/mol. The van der Waals surface area contributed by atoms with Crippen LogP contribution in [0.25, 0.3) is 11.4 Å². The summed E-state index contributed by atoms with van der Waals surface area (Å²) in [4.78, 5) is 16.1. The Bertz CT molecular complexity index is 977. The van der Waals surface area contributed by atoms with Crippen LogP contribution < -0.4 is 10.1 Å². The molecule has 2 aromatic carbocycles. The summed E-state index contributed by atoms with van der Waals surface area (Å²) in [7, 11) is 0. The van der Waals surface area contributed by atoms with Gasteiger partial charge in [-0.2, -0.15) is 10.2 Å². The molecule has 0 fully saturated rings. The lowest BCUT2D eigenvalue weighted by Crippen LogP contribution is -2.20. The van der Waals surface area contributed by atoms with Crippen molar-refractivity contribution < 1.29 is 14.1 Å². The van der Waals surface area contributed by atoms with Gasteiger partial charge in [0.15, 0.2) is 6.61 Å². The minimum atomic E-state index is -0.344. The van der Waals surface area contributed by atoms with Gasteiger partial charge in [-0.15, -0.1) is 0 Å². The smallest absolute Gasteiger partial charge is 0.262 e. The number of nitrogens with one attached hydrogen (secondary N) is 1. The van der Waals surface area contributed by atoms with E-state index < -0.39 is 0 Å². The number of amides is 1. The normalized spacial score (nSPS) is 10.2. The third-order valence-corrected chi connectivity index (χ3v) is 3.70. The number of carbonyl (C=O) groups excluding carboxylic acids is 1. The van der Waals surface area contributed by atoms with Crippen LogP contribution in [-0.4, -0.2) is 22.7 Å². The van der Waals surface area contributed by atoms with E-state index in [9.17, 15) is 4.79 Å². The van der Waals surface area contributed by atoms with Crippen LogP contribution in [-0.2, 0) is 4.79 Å². The lowest BCUT2D eigenvalue weighted by Gasteiger charge is -2.08. The Hall–Kier alpha value is -3.37. The molecule has 0 unspecified atom stereocenters. The molecule has 0 saturated heterocycles. The van der Waals surface area contributed by atoms with E-state index in [1.165, 1.54) is 12.1 Å². The summed E-state index contributed by atoms with van der Waals surface area (Å²) in [6, 6.07) is 13.6. The molecule has 0 aliphatic rings. The van der Waals surface area contributed by atoms with Crippen LogP contribution in [0.3, 0.4) is 0 Å². The van der Waals surface area contributed by atoms with E-state index >= 15 is 0 Å². The van der Waals surface area contributed by atoms with Gasteiger partial charge in [-0.3, -0.25) is 4.79 Å². The first-order valence-corrected chi connectivity index (χ1v) is 7.96. The maximum Gasteiger partial charge on any atom is 0.262 e. The van der Waals surface area contributed by atoms with E-state index in [0.29, 0.717) is 28.7 Å². The highest BCUT2D eigenvalue weighted by Gasteiger charge is 2.08. The van der Waals surface area contributed by atoms with E-state index in [2.05, 4.69) is 15.5 Å². The number of aryl methyl sites for hydroxylation is 1. The molecule has 1 aromatic heterocycles. The summed E-state index contributed by atoms with van der Waals surface area (Å²) in [5.74, 6) is 1.16. The minimum Gasteiger partial charge on any atom is -0.484 e. The third-order valence-electron chi connectivity index (χ3n) is 3.38. The first-order chi connectivity index (χ1) is 12.5. The molecule has 0 spiro atoms. The molecular weight excluding hydrogens is 356 g/mol. The molecule has 8 heteroatoms.